The Labute approximate surface area is 134 Å². The number of nitro benzene ring substituents is 1. The van der Waals surface area contributed by atoms with Gasteiger partial charge in [-0.25, -0.2) is 0 Å². The summed E-state index contributed by atoms with van der Waals surface area (Å²) in [7, 11) is 0. The number of hydrogen-bond donors (Lipinski definition) is 0. The number of hydrogen-bond acceptors (Lipinski definition) is 5. The van der Waals surface area contributed by atoms with Crippen LogP contribution in [-0.4, -0.2) is 41.9 Å². The van der Waals surface area contributed by atoms with E-state index in [4.69, 9.17) is 5.26 Å². The normalized spacial score (nSPS) is 18.2. The molecule has 3 rings (SSSR count). The maximum atomic E-state index is 12.2. The Hall–Kier alpha value is -2.62. The van der Waals surface area contributed by atoms with E-state index in [1.807, 2.05) is 11.0 Å². The number of benzene rings is 1. The van der Waals surface area contributed by atoms with Crippen molar-refractivity contribution in [2.75, 3.05) is 31.1 Å². The van der Waals surface area contributed by atoms with Crippen molar-refractivity contribution in [3.63, 3.8) is 0 Å². The maximum Gasteiger partial charge on any atom is 0.287 e. The topological polar surface area (TPSA) is 90.5 Å². The van der Waals surface area contributed by atoms with Crippen LogP contribution in [0.4, 0.5) is 11.4 Å². The van der Waals surface area contributed by atoms with Crippen LogP contribution in [0.2, 0.25) is 0 Å². The van der Waals surface area contributed by atoms with Gasteiger partial charge >= 0.3 is 0 Å². The highest BCUT2D eigenvalue weighted by molar-refractivity contribution is 5.81. The second-order valence-electron chi connectivity index (χ2n) is 6.01. The van der Waals surface area contributed by atoms with Crippen molar-refractivity contribution in [1.82, 2.24) is 4.90 Å². The third-order valence-electron chi connectivity index (χ3n) is 4.40. The predicted octanol–water partition coefficient (Wildman–Crippen LogP) is 1.92. The number of carbonyl (C=O) groups excluding carboxylic acids is 1. The first-order valence-electron chi connectivity index (χ1n) is 7.82. The number of amides is 1. The van der Waals surface area contributed by atoms with Crippen molar-refractivity contribution in [1.29, 1.82) is 5.26 Å². The minimum atomic E-state index is -0.541. The largest absolute Gasteiger partial charge is 0.370 e. The van der Waals surface area contributed by atoms with Gasteiger partial charge in [-0.2, -0.15) is 5.26 Å². The molecule has 0 N–H and O–H groups in total. The summed E-state index contributed by atoms with van der Waals surface area (Å²) in [6, 6.07) is 6.51. The van der Waals surface area contributed by atoms with E-state index in [0.29, 0.717) is 13.1 Å². The molecule has 0 radical (unpaired) electrons. The zero-order valence-corrected chi connectivity index (χ0v) is 12.8. The Bertz CT molecular complexity index is 678. The average molecular weight is 314 g/mol. The van der Waals surface area contributed by atoms with E-state index in [9.17, 15) is 14.9 Å². The fourth-order valence-electron chi connectivity index (χ4n) is 2.95. The lowest BCUT2D eigenvalue weighted by Crippen LogP contribution is -2.36. The summed E-state index contributed by atoms with van der Waals surface area (Å²) in [5.74, 6) is 0.486. The molecule has 1 aromatic carbocycles. The van der Waals surface area contributed by atoms with Crippen molar-refractivity contribution >= 4 is 17.3 Å². The van der Waals surface area contributed by atoms with Gasteiger partial charge in [-0.3, -0.25) is 14.9 Å². The van der Waals surface area contributed by atoms with E-state index in [1.54, 1.807) is 12.1 Å². The maximum absolute atomic E-state index is 12.2. The van der Waals surface area contributed by atoms with E-state index in [-0.39, 0.29) is 23.1 Å². The summed E-state index contributed by atoms with van der Waals surface area (Å²) in [6.07, 6.45) is 2.87. The molecule has 1 aromatic rings. The summed E-state index contributed by atoms with van der Waals surface area (Å²) in [5.41, 5.74) is 0.701. The molecule has 7 heteroatoms. The van der Waals surface area contributed by atoms with Gasteiger partial charge in [0.05, 0.1) is 4.92 Å². The Kier molecular flexibility index (Phi) is 4.15. The molecule has 0 spiro atoms. The smallest absolute Gasteiger partial charge is 0.287 e. The summed E-state index contributed by atoms with van der Waals surface area (Å²) < 4.78 is 0. The van der Waals surface area contributed by atoms with Gasteiger partial charge in [0.2, 0.25) is 5.91 Å². The van der Waals surface area contributed by atoms with E-state index >= 15 is 0 Å². The van der Waals surface area contributed by atoms with Crippen LogP contribution < -0.4 is 4.90 Å². The molecule has 1 amide bonds. The molecular formula is C16H18N4O3. The van der Waals surface area contributed by atoms with Crippen LogP contribution in [0.1, 0.15) is 24.8 Å². The SMILES string of the molecule is N#Cc1cc(N2CCCN(C(=O)C3CC3)CC2)ccc1[N+](=O)[O-]. The number of carbonyl (C=O) groups is 1. The Balaban J connectivity index is 1.73. The Morgan fingerprint density at radius 3 is 2.70 bits per heavy atom. The second-order valence-corrected chi connectivity index (χ2v) is 6.01. The third kappa shape index (κ3) is 3.26. The molecule has 0 atom stereocenters. The lowest BCUT2D eigenvalue weighted by atomic mass is 10.1. The predicted molar refractivity (Wildman–Crippen MR) is 83.9 cm³/mol. The highest BCUT2D eigenvalue weighted by Crippen LogP contribution is 2.31. The first-order chi connectivity index (χ1) is 11.1. The minimum absolute atomic E-state index is 0.0719. The Morgan fingerprint density at radius 2 is 2.04 bits per heavy atom. The standard InChI is InChI=1S/C16H18N4O3/c17-11-13-10-14(4-5-15(13)20(22)23)18-6-1-7-19(9-8-18)16(21)12-2-3-12/h4-5,10,12H,1-3,6-9H2. The summed E-state index contributed by atoms with van der Waals surface area (Å²) in [4.78, 5) is 26.5. The zero-order valence-electron chi connectivity index (χ0n) is 12.8. The molecule has 1 saturated carbocycles. The number of anilines is 1. The van der Waals surface area contributed by atoms with E-state index in [0.717, 1.165) is 38.0 Å². The van der Waals surface area contributed by atoms with Gasteiger partial charge in [-0.1, -0.05) is 0 Å². The number of nitro groups is 1. The van der Waals surface area contributed by atoms with Crippen LogP contribution in [-0.2, 0) is 4.79 Å². The van der Waals surface area contributed by atoms with Crippen LogP contribution in [0.15, 0.2) is 18.2 Å². The second kappa shape index (κ2) is 6.24. The molecule has 1 heterocycles. The van der Waals surface area contributed by atoms with Crippen molar-refractivity contribution in [3.8, 4) is 6.07 Å². The molecule has 2 fully saturated rings. The third-order valence-corrected chi connectivity index (χ3v) is 4.40. The molecular weight excluding hydrogens is 296 g/mol. The van der Waals surface area contributed by atoms with Crippen LogP contribution in [0.25, 0.3) is 0 Å². The average Bonchev–Trinajstić information content (AvgIpc) is 3.39. The number of nitriles is 1. The number of rotatable bonds is 3. The van der Waals surface area contributed by atoms with Gasteiger partial charge in [-0.05, 0) is 31.4 Å². The molecule has 2 aliphatic rings. The molecule has 0 bridgehead atoms. The van der Waals surface area contributed by atoms with Crippen LogP contribution in [0, 0.1) is 27.4 Å². The first kappa shape index (κ1) is 15.3. The van der Waals surface area contributed by atoms with E-state index in [2.05, 4.69) is 4.90 Å². The molecule has 1 aliphatic carbocycles. The quantitative estimate of drug-likeness (QED) is 0.628. The van der Waals surface area contributed by atoms with Gasteiger partial charge in [-0.15, -0.1) is 0 Å². The van der Waals surface area contributed by atoms with Crippen molar-refractivity contribution in [3.05, 3.63) is 33.9 Å². The first-order valence-corrected chi connectivity index (χ1v) is 7.82. The lowest BCUT2D eigenvalue weighted by Gasteiger charge is -2.24. The van der Waals surface area contributed by atoms with Gasteiger partial charge in [0, 0.05) is 43.9 Å². The van der Waals surface area contributed by atoms with Gasteiger partial charge in [0.25, 0.3) is 5.69 Å². The van der Waals surface area contributed by atoms with Crippen LogP contribution in [0.3, 0.4) is 0 Å². The van der Waals surface area contributed by atoms with Crippen molar-refractivity contribution < 1.29 is 9.72 Å². The van der Waals surface area contributed by atoms with Crippen molar-refractivity contribution in [2.45, 2.75) is 19.3 Å². The fourth-order valence-corrected chi connectivity index (χ4v) is 2.95. The molecule has 23 heavy (non-hydrogen) atoms. The highest BCUT2D eigenvalue weighted by atomic mass is 16.6. The van der Waals surface area contributed by atoms with E-state index < -0.39 is 4.92 Å². The molecule has 7 nitrogen and oxygen atoms in total. The molecule has 1 aliphatic heterocycles. The minimum Gasteiger partial charge on any atom is -0.370 e. The van der Waals surface area contributed by atoms with E-state index in [1.165, 1.54) is 6.07 Å². The fraction of sp³-hybridized carbons (Fsp3) is 0.500. The molecule has 0 aromatic heterocycles. The van der Waals surface area contributed by atoms with Gasteiger partial charge < -0.3 is 9.80 Å². The molecule has 1 saturated heterocycles. The van der Waals surface area contributed by atoms with Gasteiger partial charge in [0.15, 0.2) is 0 Å². The number of nitrogens with zero attached hydrogens (tertiary/aromatic N) is 4. The van der Waals surface area contributed by atoms with Crippen LogP contribution >= 0.6 is 0 Å². The van der Waals surface area contributed by atoms with Crippen molar-refractivity contribution in [2.24, 2.45) is 5.92 Å². The lowest BCUT2D eigenvalue weighted by molar-refractivity contribution is -0.385. The highest BCUT2D eigenvalue weighted by Gasteiger charge is 2.34. The summed E-state index contributed by atoms with van der Waals surface area (Å²) in [6.45, 7) is 2.87. The van der Waals surface area contributed by atoms with Crippen LogP contribution in [0.5, 0.6) is 0 Å². The molecule has 120 valence electrons. The summed E-state index contributed by atoms with van der Waals surface area (Å²) >= 11 is 0. The Morgan fingerprint density at radius 1 is 1.26 bits per heavy atom. The monoisotopic (exact) mass is 314 g/mol. The van der Waals surface area contributed by atoms with Gasteiger partial charge in [0.1, 0.15) is 11.6 Å². The zero-order chi connectivity index (χ0) is 16.4. The molecule has 0 unspecified atom stereocenters. The summed E-state index contributed by atoms with van der Waals surface area (Å²) in [5, 5.41) is 20.0.